The zero-order chi connectivity index (χ0) is 17.6. The number of carbonyl (C=O) groups is 1. The second-order valence-corrected chi connectivity index (χ2v) is 4.70. The highest BCUT2D eigenvalue weighted by atomic mass is 19.4. The number of nitrogens with zero attached hydrogens (tertiary/aromatic N) is 1. The Labute approximate surface area is 136 Å². The third kappa shape index (κ3) is 4.61. The molecule has 5 nitrogen and oxygen atoms in total. The number of amides is 1. The SMILES string of the molecule is COc1cc(C(F)(F)F)ccc1OCCNC(=O)c1ccncc1. The van der Waals surface area contributed by atoms with Crippen molar-refractivity contribution in [3.05, 3.63) is 53.9 Å². The summed E-state index contributed by atoms with van der Waals surface area (Å²) in [6.45, 7) is 0.268. The standard InChI is InChI=1S/C16H15F3N2O3/c1-23-14-10-12(16(17,18)19)2-3-13(14)24-9-8-21-15(22)11-4-6-20-7-5-11/h2-7,10H,8-9H2,1H3,(H,21,22). The fourth-order valence-electron chi connectivity index (χ4n) is 1.89. The number of benzene rings is 1. The lowest BCUT2D eigenvalue weighted by Gasteiger charge is -2.14. The molecule has 0 aliphatic rings. The fraction of sp³-hybridized carbons (Fsp3) is 0.250. The number of pyridine rings is 1. The Morgan fingerprint density at radius 3 is 2.50 bits per heavy atom. The van der Waals surface area contributed by atoms with E-state index < -0.39 is 11.7 Å². The molecule has 0 saturated carbocycles. The predicted molar refractivity (Wildman–Crippen MR) is 80.1 cm³/mol. The molecule has 0 atom stereocenters. The number of alkyl halides is 3. The van der Waals surface area contributed by atoms with Gasteiger partial charge in [0.2, 0.25) is 0 Å². The van der Waals surface area contributed by atoms with Crippen molar-refractivity contribution in [1.82, 2.24) is 10.3 Å². The van der Waals surface area contributed by atoms with Gasteiger partial charge in [-0.15, -0.1) is 0 Å². The minimum Gasteiger partial charge on any atom is -0.493 e. The van der Waals surface area contributed by atoms with Crippen LogP contribution in [0.5, 0.6) is 11.5 Å². The van der Waals surface area contributed by atoms with Gasteiger partial charge in [-0.05, 0) is 30.3 Å². The Bertz CT molecular complexity index is 691. The van der Waals surface area contributed by atoms with Gasteiger partial charge in [-0.25, -0.2) is 0 Å². The summed E-state index contributed by atoms with van der Waals surface area (Å²) in [6.07, 6.45) is -1.46. The molecular weight excluding hydrogens is 325 g/mol. The summed E-state index contributed by atoms with van der Waals surface area (Å²) in [7, 11) is 1.26. The van der Waals surface area contributed by atoms with Gasteiger partial charge < -0.3 is 14.8 Å². The molecule has 0 unspecified atom stereocenters. The first kappa shape index (κ1) is 17.6. The molecule has 0 spiro atoms. The van der Waals surface area contributed by atoms with Crippen LogP contribution < -0.4 is 14.8 Å². The van der Waals surface area contributed by atoms with Crippen LogP contribution in [0.2, 0.25) is 0 Å². The number of rotatable bonds is 6. The van der Waals surface area contributed by atoms with E-state index in [1.807, 2.05) is 0 Å². The van der Waals surface area contributed by atoms with E-state index in [1.54, 1.807) is 12.1 Å². The predicted octanol–water partition coefficient (Wildman–Crippen LogP) is 2.92. The van der Waals surface area contributed by atoms with Crippen molar-refractivity contribution in [2.45, 2.75) is 6.18 Å². The van der Waals surface area contributed by atoms with Gasteiger partial charge in [0.25, 0.3) is 5.91 Å². The van der Waals surface area contributed by atoms with Crippen LogP contribution in [0.4, 0.5) is 13.2 Å². The first-order chi connectivity index (χ1) is 11.4. The maximum atomic E-state index is 12.6. The third-order valence-electron chi connectivity index (χ3n) is 3.08. The molecule has 128 valence electrons. The molecular formula is C16H15F3N2O3. The number of aromatic nitrogens is 1. The number of nitrogens with one attached hydrogen (secondary N) is 1. The Hall–Kier alpha value is -2.77. The van der Waals surface area contributed by atoms with E-state index >= 15 is 0 Å². The van der Waals surface area contributed by atoms with Crippen molar-refractivity contribution in [2.75, 3.05) is 20.3 Å². The van der Waals surface area contributed by atoms with Gasteiger partial charge in [0.05, 0.1) is 19.2 Å². The van der Waals surface area contributed by atoms with E-state index in [0.717, 1.165) is 12.1 Å². The molecule has 0 aliphatic heterocycles. The molecule has 0 aliphatic carbocycles. The van der Waals surface area contributed by atoms with E-state index in [-0.39, 0.29) is 30.6 Å². The Morgan fingerprint density at radius 1 is 1.17 bits per heavy atom. The number of hydrogen-bond acceptors (Lipinski definition) is 4. The van der Waals surface area contributed by atoms with E-state index in [0.29, 0.717) is 5.56 Å². The lowest BCUT2D eigenvalue weighted by atomic mass is 10.2. The number of ether oxygens (including phenoxy) is 2. The molecule has 0 radical (unpaired) electrons. The second kappa shape index (κ2) is 7.67. The maximum absolute atomic E-state index is 12.6. The van der Waals surface area contributed by atoms with Crippen LogP contribution in [0.3, 0.4) is 0 Å². The lowest BCUT2D eigenvalue weighted by Crippen LogP contribution is -2.28. The van der Waals surface area contributed by atoms with E-state index in [4.69, 9.17) is 9.47 Å². The number of methoxy groups -OCH3 is 1. The number of hydrogen-bond donors (Lipinski definition) is 1. The molecule has 2 aromatic rings. The normalized spacial score (nSPS) is 11.0. The van der Waals surface area contributed by atoms with Crippen molar-refractivity contribution in [3.8, 4) is 11.5 Å². The summed E-state index contributed by atoms with van der Waals surface area (Å²) in [4.78, 5) is 15.6. The first-order valence-corrected chi connectivity index (χ1v) is 6.98. The van der Waals surface area contributed by atoms with Gasteiger partial charge in [-0.1, -0.05) is 0 Å². The molecule has 1 aromatic carbocycles. The van der Waals surface area contributed by atoms with Crippen molar-refractivity contribution < 1.29 is 27.4 Å². The summed E-state index contributed by atoms with van der Waals surface area (Å²) >= 11 is 0. The lowest BCUT2D eigenvalue weighted by molar-refractivity contribution is -0.137. The van der Waals surface area contributed by atoms with E-state index in [2.05, 4.69) is 10.3 Å². The van der Waals surface area contributed by atoms with E-state index in [1.165, 1.54) is 25.6 Å². The van der Waals surface area contributed by atoms with Crippen LogP contribution in [-0.4, -0.2) is 31.2 Å². The molecule has 1 amide bonds. The molecule has 0 bridgehead atoms. The average Bonchev–Trinajstić information content (AvgIpc) is 2.58. The fourth-order valence-corrected chi connectivity index (χ4v) is 1.89. The van der Waals surface area contributed by atoms with Crippen molar-refractivity contribution in [3.63, 3.8) is 0 Å². The van der Waals surface area contributed by atoms with Crippen molar-refractivity contribution >= 4 is 5.91 Å². The smallest absolute Gasteiger partial charge is 0.416 e. The number of carbonyl (C=O) groups excluding carboxylic acids is 1. The molecule has 1 heterocycles. The molecule has 2 rings (SSSR count). The van der Waals surface area contributed by atoms with Crippen LogP contribution >= 0.6 is 0 Å². The number of halogens is 3. The highest BCUT2D eigenvalue weighted by Gasteiger charge is 2.31. The summed E-state index contributed by atoms with van der Waals surface area (Å²) in [5.41, 5.74) is -0.366. The van der Waals surface area contributed by atoms with Gasteiger partial charge in [0, 0.05) is 18.0 Å². The van der Waals surface area contributed by atoms with Gasteiger partial charge in [0.15, 0.2) is 11.5 Å². The van der Waals surface area contributed by atoms with Crippen molar-refractivity contribution in [1.29, 1.82) is 0 Å². The van der Waals surface area contributed by atoms with E-state index in [9.17, 15) is 18.0 Å². The van der Waals surface area contributed by atoms with Crippen LogP contribution in [0, 0.1) is 0 Å². The van der Waals surface area contributed by atoms with Gasteiger partial charge >= 0.3 is 6.18 Å². The maximum Gasteiger partial charge on any atom is 0.416 e. The van der Waals surface area contributed by atoms with Crippen LogP contribution in [0.1, 0.15) is 15.9 Å². The molecule has 8 heteroatoms. The van der Waals surface area contributed by atoms with Gasteiger partial charge in [-0.2, -0.15) is 13.2 Å². The molecule has 1 N–H and O–H groups in total. The summed E-state index contributed by atoms with van der Waals surface area (Å²) in [5.74, 6) is -0.144. The minimum absolute atomic E-state index is 0.0229. The zero-order valence-corrected chi connectivity index (χ0v) is 12.8. The Balaban J connectivity index is 1.89. The molecule has 0 saturated heterocycles. The summed E-state index contributed by atoms with van der Waals surface area (Å²) in [5, 5.41) is 2.63. The molecule has 24 heavy (non-hydrogen) atoms. The molecule has 1 aromatic heterocycles. The van der Waals surface area contributed by atoms with Gasteiger partial charge in [0.1, 0.15) is 6.61 Å². The molecule has 0 fully saturated rings. The Morgan fingerprint density at radius 2 is 1.88 bits per heavy atom. The summed E-state index contributed by atoms with van der Waals surface area (Å²) < 4.78 is 48.2. The highest BCUT2D eigenvalue weighted by molar-refractivity contribution is 5.93. The first-order valence-electron chi connectivity index (χ1n) is 6.98. The topological polar surface area (TPSA) is 60.5 Å². The monoisotopic (exact) mass is 340 g/mol. The van der Waals surface area contributed by atoms with Gasteiger partial charge in [-0.3, -0.25) is 9.78 Å². The Kier molecular flexibility index (Phi) is 5.62. The largest absolute Gasteiger partial charge is 0.493 e. The average molecular weight is 340 g/mol. The van der Waals surface area contributed by atoms with Crippen LogP contribution in [-0.2, 0) is 6.18 Å². The zero-order valence-electron chi connectivity index (χ0n) is 12.8. The minimum atomic E-state index is -4.45. The van der Waals surface area contributed by atoms with Crippen LogP contribution in [0.25, 0.3) is 0 Å². The highest BCUT2D eigenvalue weighted by Crippen LogP contribution is 2.36. The van der Waals surface area contributed by atoms with Crippen LogP contribution in [0.15, 0.2) is 42.7 Å². The summed E-state index contributed by atoms with van der Waals surface area (Å²) in [6, 6.07) is 6.09. The quantitative estimate of drug-likeness (QED) is 0.822. The van der Waals surface area contributed by atoms with Crippen molar-refractivity contribution in [2.24, 2.45) is 0 Å². The second-order valence-electron chi connectivity index (χ2n) is 4.70. The third-order valence-corrected chi connectivity index (χ3v) is 3.08.